The van der Waals surface area contributed by atoms with Crippen molar-refractivity contribution in [2.75, 3.05) is 6.54 Å². The van der Waals surface area contributed by atoms with Gasteiger partial charge >= 0.3 is 19.2 Å². The molecule has 156 valence electrons. The third-order valence-corrected chi connectivity index (χ3v) is 6.20. The van der Waals surface area contributed by atoms with E-state index in [0.29, 0.717) is 25.6 Å². The predicted octanol–water partition coefficient (Wildman–Crippen LogP) is 3.53. The van der Waals surface area contributed by atoms with Gasteiger partial charge in [0, 0.05) is 17.5 Å². The lowest BCUT2D eigenvalue weighted by Gasteiger charge is -2.44. The number of unbranched alkanes of at least 4 members (excludes halogenated alkanes) is 1. The van der Waals surface area contributed by atoms with Crippen molar-refractivity contribution in [3.05, 3.63) is 10.4 Å². The standard InChI is InChI=1S/C17H29BN4O6/c1-15(2)16(3,4)28-18(27-15)9-6-5-8-17(13(23)24)11-12(20-21-19)7-10-22(17)14(25)26/h12H,5-11H2,1-4H3,(H,23,24)(H,25,26). The zero-order valence-corrected chi connectivity index (χ0v) is 16.9. The van der Waals surface area contributed by atoms with Gasteiger partial charge in [0.25, 0.3) is 0 Å². The van der Waals surface area contributed by atoms with Crippen LogP contribution in [0, 0.1) is 0 Å². The molecule has 0 bridgehead atoms. The fourth-order valence-electron chi connectivity index (χ4n) is 3.90. The van der Waals surface area contributed by atoms with E-state index in [1.165, 1.54) is 0 Å². The third kappa shape index (κ3) is 4.37. The van der Waals surface area contributed by atoms with Crippen LogP contribution in [0.3, 0.4) is 0 Å². The van der Waals surface area contributed by atoms with E-state index in [2.05, 4.69) is 10.0 Å². The molecule has 0 aromatic carbocycles. The Bertz CT molecular complexity index is 650. The Morgan fingerprint density at radius 3 is 2.32 bits per heavy atom. The van der Waals surface area contributed by atoms with Crippen molar-refractivity contribution in [3.8, 4) is 0 Å². The quantitative estimate of drug-likeness (QED) is 0.221. The van der Waals surface area contributed by atoms with Gasteiger partial charge in [-0.3, -0.25) is 4.90 Å². The molecule has 28 heavy (non-hydrogen) atoms. The normalized spacial score (nSPS) is 28.6. The van der Waals surface area contributed by atoms with Gasteiger partial charge in [0.2, 0.25) is 0 Å². The van der Waals surface area contributed by atoms with Crippen molar-refractivity contribution in [2.24, 2.45) is 5.11 Å². The molecule has 0 radical (unpaired) electrons. The van der Waals surface area contributed by atoms with Gasteiger partial charge in [-0.15, -0.1) is 0 Å². The minimum Gasteiger partial charge on any atom is -0.479 e. The molecule has 0 aliphatic carbocycles. The van der Waals surface area contributed by atoms with Crippen LogP contribution in [0.25, 0.3) is 10.4 Å². The van der Waals surface area contributed by atoms with Crippen molar-refractivity contribution in [2.45, 2.75) is 88.9 Å². The Morgan fingerprint density at radius 1 is 1.21 bits per heavy atom. The number of azide groups is 1. The number of amides is 1. The molecular formula is C17H29BN4O6. The molecule has 2 saturated heterocycles. The van der Waals surface area contributed by atoms with Crippen LogP contribution in [-0.4, -0.2) is 63.6 Å². The molecule has 2 fully saturated rings. The second-order valence-electron chi connectivity index (χ2n) is 8.55. The van der Waals surface area contributed by atoms with Gasteiger partial charge in [-0.25, -0.2) is 9.59 Å². The largest absolute Gasteiger partial charge is 0.479 e. The van der Waals surface area contributed by atoms with Crippen LogP contribution in [0.15, 0.2) is 5.11 Å². The van der Waals surface area contributed by atoms with Crippen LogP contribution in [0.4, 0.5) is 4.79 Å². The van der Waals surface area contributed by atoms with Crippen molar-refractivity contribution >= 4 is 19.2 Å². The summed E-state index contributed by atoms with van der Waals surface area (Å²) in [6.07, 6.45) is 0.886. The first kappa shape index (κ1) is 22.3. The van der Waals surface area contributed by atoms with E-state index in [4.69, 9.17) is 14.8 Å². The molecule has 2 N–H and O–H groups in total. The molecule has 10 nitrogen and oxygen atoms in total. The summed E-state index contributed by atoms with van der Waals surface area (Å²) < 4.78 is 11.9. The van der Waals surface area contributed by atoms with Crippen molar-refractivity contribution in [1.82, 2.24) is 4.90 Å². The molecule has 2 heterocycles. The van der Waals surface area contributed by atoms with Gasteiger partial charge in [-0.2, -0.15) is 0 Å². The van der Waals surface area contributed by atoms with Gasteiger partial charge in [-0.1, -0.05) is 18.0 Å². The molecule has 2 atom stereocenters. The lowest BCUT2D eigenvalue weighted by Crippen LogP contribution is -2.61. The number of hydrogen-bond acceptors (Lipinski definition) is 5. The first-order valence-corrected chi connectivity index (χ1v) is 9.59. The maximum Gasteiger partial charge on any atom is 0.457 e. The molecule has 0 aromatic rings. The molecular weight excluding hydrogens is 367 g/mol. The van der Waals surface area contributed by atoms with Crippen LogP contribution in [-0.2, 0) is 14.1 Å². The van der Waals surface area contributed by atoms with Gasteiger partial charge in [-0.05, 0) is 58.8 Å². The highest BCUT2D eigenvalue weighted by Crippen LogP contribution is 2.39. The van der Waals surface area contributed by atoms with E-state index in [9.17, 15) is 19.8 Å². The number of nitrogens with zero attached hydrogens (tertiary/aromatic N) is 4. The van der Waals surface area contributed by atoms with Gasteiger partial charge in [0.15, 0.2) is 0 Å². The monoisotopic (exact) mass is 396 g/mol. The molecule has 2 unspecified atom stereocenters. The van der Waals surface area contributed by atoms with E-state index in [1.807, 2.05) is 27.7 Å². The van der Waals surface area contributed by atoms with Gasteiger partial charge in [0.1, 0.15) is 5.54 Å². The number of rotatable bonds is 7. The van der Waals surface area contributed by atoms with Crippen molar-refractivity contribution in [3.63, 3.8) is 0 Å². The number of carbonyl (C=O) groups is 2. The predicted molar refractivity (Wildman–Crippen MR) is 102 cm³/mol. The Kier molecular flexibility index (Phi) is 6.53. The average molecular weight is 396 g/mol. The fraction of sp³-hybridized carbons (Fsp3) is 0.882. The SMILES string of the molecule is CC1(C)OB(CCCCC2(C(=O)O)CC(N=[N+]=[N-])CCN2C(=O)O)OC1(C)C. The molecule has 2 rings (SSSR count). The fourth-order valence-corrected chi connectivity index (χ4v) is 3.90. The lowest BCUT2D eigenvalue weighted by molar-refractivity contribution is -0.153. The molecule has 0 aromatic heterocycles. The van der Waals surface area contributed by atoms with Crippen LogP contribution in [0.5, 0.6) is 0 Å². The highest BCUT2D eigenvalue weighted by Gasteiger charge is 2.52. The topological polar surface area (TPSA) is 145 Å². The number of hydrogen-bond donors (Lipinski definition) is 2. The Morgan fingerprint density at radius 2 is 1.82 bits per heavy atom. The van der Waals surface area contributed by atoms with E-state index in [1.54, 1.807) is 0 Å². The van der Waals surface area contributed by atoms with Crippen LogP contribution >= 0.6 is 0 Å². The Hall–Kier alpha value is -1.97. The van der Waals surface area contributed by atoms with Crippen LogP contribution in [0.2, 0.25) is 6.32 Å². The van der Waals surface area contributed by atoms with E-state index < -0.39 is 34.8 Å². The van der Waals surface area contributed by atoms with Crippen LogP contribution in [0.1, 0.15) is 59.8 Å². The van der Waals surface area contributed by atoms with Gasteiger partial charge < -0.3 is 19.5 Å². The molecule has 11 heteroatoms. The summed E-state index contributed by atoms with van der Waals surface area (Å²) in [6.45, 7) is 7.90. The molecule has 2 aliphatic heterocycles. The smallest absolute Gasteiger partial charge is 0.457 e. The third-order valence-electron chi connectivity index (χ3n) is 6.20. The first-order chi connectivity index (χ1) is 12.9. The second-order valence-corrected chi connectivity index (χ2v) is 8.55. The van der Waals surface area contributed by atoms with Crippen LogP contribution < -0.4 is 0 Å². The molecule has 2 aliphatic rings. The maximum absolute atomic E-state index is 12.1. The summed E-state index contributed by atoms with van der Waals surface area (Å²) >= 11 is 0. The first-order valence-electron chi connectivity index (χ1n) is 9.59. The molecule has 1 amide bonds. The average Bonchev–Trinajstić information content (AvgIpc) is 2.78. The molecule has 0 spiro atoms. The number of piperidine rings is 1. The van der Waals surface area contributed by atoms with Crippen molar-refractivity contribution < 1.29 is 29.1 Å². The van der Waals surface area contributed by atoms with Gasteiger partial charge in [0.05, 0.1) is 11.2 Å². The summed E-state index contributed by atoms with van der Waals surface area (Å²) in [5.41, 5.74) is 6.24. The Labute approximate surface area is 164 Å². The number of aliphatic carboxylic acids is 1. The minimum absolute atomic E-state index is 0.0187. The molecule has 0 saturated carbocycles. The summed E-state index contributed by atoms with van der Waals surface area (Å²) in [7, 11) is -0.372. The van der Waals surface area contributed by atoms with E-state index in [0.717, 1.165) is 4.90 Å². The van der Waals surface area contributed by atoms with Crippen molar-refractivity contribution in [1.29, 1.82) is 0 Å². The summed E-state index contributed by atoms with van der Waals surface area (Å²) in [5, 5.41) is 23.0. The summed E-state index contributed by atoms with van der Waals surface area (Å²) in [5.74, 6) is -1.21. The second kappa shape index (κ2) is 8.18. The maximum atomic E-state index is 12.1. The number of carboxylic acid groups (broad SMARTS) is 2. The number of likely N-dealkylation sites (tertiary alicyclic amines) is 1. The summed E-state index contributed by atoms with van der Waals surface area (Å²) in [4.78, 5) is 27.5. The highest BCUT2D eigenvalue weighted by atomic mass is 16.7. The van der Waals surface area contributed by atoms with E-state index >= 15 is 0 Å². The van der Waals surface area contributed by atoms with E-state index in [-0.39, 0.29) is 26.5 Å². The highest BCUT2D eigenvalue weighted by molar-refractivity contribution is 6.45. The lowest BCUT2D eigenvalue weighted by atomic mass is 9.77. The minimum atomic E-state index is -1.58. The number of carboxylic acids is 1. The Balaban J connectivity index is 2.02. The summed E-state index contributed by atoms with van der Waals surface area (Å²) in [6, 6.07) is -0.528. The zero-order valence-electron chi connectivity index (χ0n) is 16.9. The zero-order chi connectivity index (χ0) is 21.2.